The Morgan fingerprint density at radius 1 is 1.67 bits per heavy atom. The van der Waals surface area contributed by atoms with Gasteiger partial charge in [0.25, 0.3) is 0 Å². The summed E-state index contributed by atoms with van der Waals surface area (Å²) in [5, 5.41) is 0. The Bertz CT molecular complexity index is 118. The molecule has 1 aliphatic heterocycles. The highest BCUT2D eigenvalue weighted by molar-refractivity contribution is 6.99. The van der Waals surface area contributed by atoms with Gasteiger partial charge in [-0.15, -0.1) is 0 Å². The van der Waals surface area contributed by atoms with Gasteiger partial charge in [0.1, 0.15) is 8.83 Å². The average molecular weight is 127 g/mol. The fourth-order valence-corrected chi connectivity index (χ4v) is 6.08. The quantitative estimate of drug-likeness (QED) is 0.381. The van der Waals surface area contributed by atoms with Gasteiger partial charge in [-0.25, -0.2) is 0 Å². The Labute approximate surface area is 43.1 Å². The fraction of sp³-hybridized carbons (Fsp3) is 1.00. The second kappa shape index (κ2) is 2.59. The van der Waals surface area contributed by atoms with Crippen LogP contribution in [0.3, 0.4) is 0 Å². The molecule has 0 bridgehead atoms. The van der Waals surface area contributed by atoms with Crippen molar-refractivity contribution in [2.45, 2.75) is 6.04 Å². The van der Waals surface area contributed by atoms with E-state index in [0.717, 1.165) is 0 Å². The summed E-state index contributed by atoms with van der Waals surface area (Å²) in [5.74, 6) is 0. The van der Waals surface area contributed by atoms with E-state index in [1.165, 1.54) is 28.9 Å². The van der Waals surface area contributed by atoms with Crippen molar-refractivity contribution >= 4 is 25.2 Å². The molecule has 30 valence electrons. The number of hydrogen-bond acceptors (Lipinski definition) is 1. The summed E-state index contributed by atoms with van der Waals surface area (Å²) in [7, 11) is 3.09. The first-order valence-electron chi connectivity index (χ1n) is 1.97. The molecule has 0 aliphatic carbocycles. The van der Waals surface area contributed by atoms with E-state index < -0.39 is 0 Å². The monoisotopic (exact) mass is 127 g/mol. The summed E-state index contributed by atoms with van der Waals surface area (Å²) >= 11 is 0. The van der Waals surface area contributed by atoms with Gasteiger partial charge in [-0.05, 0) is 14.0 Å². The van der Waals surface area contributed by atoms with Gasteiger partial charge in [-0.2, -0.15) is 0 Å². The normalized spacial score (nSPS) is 16.0. The van der Waals surface area contributed by atoms with Crippen molar-refractivity contribution in [3.8, 4) is 0 Å². The maximum absolute atomic E-state index is 4.28. The Morgan fingerprint density at radius 3 is 2.83 bits per heavy atom. The van der Waals surface area contributed by atoms with Gasteiger partial charge in [-0.3, -0.25) is 0 Å². The first-order chi connectivity index (χ1) is 3.00. The first kappa shape index (κ1) is 4.61. The molecule has 0 unspecified atom stereocenters. The van der Waals surface area contributed by atoms with Crippen LogP contribution < -0.4 is 0 Å². The molecule has 0 atom stereocenters. The van der Waals surface area contributed by atoms with Crippen molar-refractivity contribution in [1.29, 1.82) is 0 Å². The zero-order valence-electron chi connectivity index (χ0n) is 3.44. The van der Waals surface area contributed by atoms with Crippen LogP contribution in [0.15, 0.2) is 4.63 Å². The third-order valence-corrected chi connectivity index (χ3v) is 7.17. The lowest BCUT2D eigenvalue weighted by Crippen LogP contribution is -1.93. The molecule has 1 rings (SSSR count). The molecule has 0 aromatic carbocycles. The van der Waals surface area contributed by atoms with Gasteiger partial charge < -0.3 is 4.63 Å². The molecule has 0 radical (unpaired) electrons. The third kappa shape index (κ3) is 1.27. The van der Waals surface area contributed by atoms with Crippen LogP contribution in [0.1, 0.15) is 0 Å². The maximum atomic E-state index is 4.28. The molecule has 0 saturated carbocycles. The molecule has 1 heterocycles. The molecule has 1 aliphatic rings. The van der Waals surface area contributed by atoms with Crippen molar-refractivity contribution in [1.82, 2.24) is 0 Å². The number of nitrogens with zero attached hydrogens (tertiary/aromatic N) is 1. The topological polar surface area (TPSA) is 12.4 Å². The highest BCUT2D eigenvalue weighted by atomic mass is 29.3. The molecule has 6 heavy (non-hydrogen) atoms. The van der Waals surface area contributed by atoms with E-state index in [1.807, 2.05) is 0 Å². The van der Waals surface area contributed by atoms with E-state index in [0.29, 0.717) is 8.83 Å². The van der Waals surface area contributed by atoms with E-state index in [2.05, 4.69) is 4.63 Å². The van der Waals surface area contributed by atoms with Crippen LogP contribution in [0.5, 0.6) is 0 Å². The highest BCUT2D eigenvalue weighted by Gasteiger charge is 1.76. The van der Waals surface area contributed by atoms with Crippen molar-refractivity contribution in [2.24, 2.45) is 4.63 Å². The summed E-state index contributed by atoms with van der Waals surface area (Å²) in [6.45, 7) is 1.18. The van der Waals surface area contributed by atoms with Gasteiger partial charge in [0.2, 0.25) is 0 Å². The lowest BCUT2D eigenvalue weighted by molar-refractivity contribution is 1.14. The first-order valence-corrected chi connectivity index (χ1v) is 7.50. The Balaban J connectivity index is 2.58. The summed E-state index contributed by atoms with van der Waals surface area (Å²) in [4.78, 5) is 0. The Hall–Kier alpha value is 0.451. The standard InChI is InChI=1S/C2H5NSi3/c1-2-4-6-5-3-1/h5H,1-2H2. The zero-order chi connectivity index (χ0) is 4.24. The molecule has 0 aromatic rings. The van der Waals surface area contributed by atoms with Crippen LogP contribution in [-0.4, -0.2) is 31.7 Å². The van der Waals surface area contributed by atoms with E-state index >= 15 is 0 Å². The van der Waals surface area contributed by atoms with Gasteiger partial charge in [-0.1, -0.05) is 8.42 Å². The van der Waals surface area contributed by atoms with Crippen LogP contribution in [0.25, 0.3) is 0 Å². The summed E-state index contributed by atoms with van der Waals surface area (Å²) < 4.78 is 4.28. The van der Waals surface area contributed by atoms with Crippen LogP contribution in [0.4, 0.5) is 0 Å². The lowest BCUT2D eigenvalue weighted by Gasteiger charge is -1.84. The molecule has 0 fully saturated rings. The van der Waals surface area contributed by atoms with Gasteiger partial charge in [0.05, 0.1) is 0 Å². The molecular formula is C2H5NSi3. The maximum Gasteiger partial charge on any atom is 0.149 e. The molecule has 0 N–H and O–H groups in total. The van der Waals surface area contributed by atoms with Crippen LogP contribution >= 0.6 is 0 Å². The van der Waals surface area contributed by atoms with Crippen molar-refractivity contribution < 1.29 is 0 Å². The van der Waals surface area contributed by atoms with E-state index in [9.17, 15) is 0 Å². The zero-order valence-corrected chi connectivity index (χ0v) is 6.59. The van der Waals surface area contributed by atoms with Crippen LogP contribution in [-0.2, 0) is 0 Å². The Morgan fingerprint density at radius 2 is 2.67 bits per heavy atom. The Kier molecular flexibility index (Phi) is 1.99. The van der Waals surface area contributed by atoms with Crippen LogP contribution in [0.2, 0.25) is 6.04 Å². The minimum Gasteiger partial charge on any atom is -0.333 e. The molecular weight excluding hydrogens is 122 g/mol. The molecule has 4 heteroatoms. The minimum atomic E-state index is 0.570. The van der Waals surface area contributed by atoms with Crippen molar-refractivity contribution in [3.05, 3.63) is 0 Å². The smallest absolute Gasteiger partial charge is 0.149 e. The summed E-state index contributed by atoms with van der Waals surface area (Å²) in [6, 6.07) is 1.39. The van der Waals surface area contributed by atoms with Gasteiger partial charge in [0.15, 0.2) is 0 Å². The molecule has 0 spiro atoms. The summed E-state index contributed by atoms with van der Waals surface area (Å²) in [6.07, 6.45) is 0. The number of rotatable bonds is 0. The van der Waals surface area contributed by atoms with Crippen LogP contribution in [0, 0.1) is 0 Å². The van der Waals surface area contributed by atoms with E-state index in [-0.39, 0.29) is 0 Å². The predicted molar refractivity (Wildman–Crippen MR) is 30.8 cm³/mol. The molecule has 0 aromatic heterocycles. The second-order valence-electron chi connectivity index (χ2n) is 1.11. The highest BCUT2D eigenvalue weighted by Crippen LogP contribution is 1.73. The third-order valence-electron chi connectivity index (χ3n) is 0.624. The predicted octanol–water partition coefficient (Wildman–Crippen LogP) is -0.723. The second-order valence-corrected chi connectivity index (χ2v) is 8.17. The number of hydrogen-bond donors (Lipinski definition) is 0. The van der Waals surface area contributed by atoms with E-state index in [1.54, 1.807) is 0 Å². The fourth-order valence-electron chi connectivity index (χ4n) is 0.348. The average Bonchev–Trinajstić information content (AvgIpc) is 1.72. The molecule has 1 nitrogen and oxygen atoms in total. The van der Waals surface area contributed by atoms with E-state index in [4.69, 9.17) is 0 Å². The largest absolute Gasteiger partial charge is 0.333 e. The lowest BCUT2D eigenvalue weighted by atomic mass is 10.8. The SMILES string of the molecule is C1C[Si]#[Si][SiH]=N1. The van der Waals surface area contributed by atoms with Crippen molar-refractivity contribution in [3.63, 3.8) is 0 Å². The minimum absolute atomic E-state index is 0.570. The van der Waals surface area contributed by atoms with Gasteiger partial charge in [0, 0.05) is 6.54 Å². The van der Waals surface area contributed by atoms with Crippen molar-refractivity contribution in [2.75, 3.05) is 6.54 Å². The molecule has 0 amide bonds. The molecule has 0 saturated heterocycles. The van der Waals surface area contributed by atoms with Gasteiger partial charge >= 0.3 is 0 Å². The summed E-state index contributed by atoms with van der Waals surface area (Å²) in [5.41, 5.74) is 0.